The lowest BCUT2D eigenvalue weighted by Crippen LogP contribution is -2.13. The molecular formula is C16H17N3O4. The molecule has 0 radical (unpaired) electrons. The number of nitro groups is 1. The molecule has 120 valence electrons. The first kappa shape index (κ1) is 16.4. The Labute approximate surface area is 133 Å². The van der Waals surface area contributed by atoms with Gasteiger partial charge >= 0.3 is 0 Å². The fourth-order valence-corrected chi connectivity index (χ4v) is 1.95. The molecule has 7 nitrogen and oxygen atoms in total. The quantitative estimate of drug-likeness (QED) is 0.674. The number of ether oxygens (including phenoxy) is 1. The van der Waals surface area contributed by atoms with Crippen molar-refractivity contribution in [3.63, 3.8) is 0 Å². The number of hydrogen-bond acceptors (Lipinski definition) is 5. The molecule has 2 rings (SSSR count). The number of nitrogens with one attached hydrogen (secondary N) is 1. The maximum Gasteiger partial charge on any atom is 0.290 e. The van der Waals surface area contributed by atoms with Gasteiger partial charge in [0.1, 0.15) is 17.8 Å². The van der Waals surface area contributed by atoms with Crippen LogP contribution < -0.4 is 10.1 Å². The first-order valence-electron chi connectivity index (χ1n) is 7.06. The van der Waals surface area contributed by atoms with Crippen molar-refractivity contribution in [2.75, 3.05) is 5.32 Å². The van der Waals surface area contributed by atoms with Crippen LogP contribution in [0.1, 0.15) is 29.8 Å². The monoisotopic (exact) mass is 315 g/mol. The normalized spacial score (nSPS) is 10.4. The van der Waals surface area contributed by atoms with E-state index in [0.29, 0.717) is 16.9 Å². The number of aryl methyl sites for hydroxylation is 1. The van der Waals surface area contributed by atoms with Crippen LogP contribution in [0.2, 0.25) is 0 Å². The smallest absolute Gasteiger partial charge is 0.290 e. The molecule has 23 heavy (non-hydrogen) atoms. The summed E-state index contributed by atoms with van der Waals surface area (Å²) in [5.74, 6) is 0.600. The van der Waals surface area contributed by atoms with Gasteiger partial charge in [-0.15, -0.1) is 0 Å². The second-order valence-corrected chi connectivity index (χ2v) is 5.26. The molecule has 1 N–H and O–H groups in total. The van der Waals surface area contributed by atoms with Gasteiger partial charge in [-0.25, -0.2) is 4.98 Å². The Balaban J connectivity index is 2.09. The van der Waals surface area contributed by atoms with Crippen molar-refractivity contribution in [3.05, 3.63) is 57.8 Å². The van der Waals surface area contributed by atoms with E-state index in [1.807, 2.05) is 13.8 Å². The molecule has 1 aromatic heterocycles. The highest BCUT2D eigenvalue weighted by Crippen LogP contribution is 2.20. The molecule has 1 heterocycles. The summed E-state index contributed by atoms with van der Waals surface area (Å²) in [6, 6.07) is 8.18. The molecule has 0 saturated carbocycles. The topological polar surface area (TPSA) is 94.4 Å². The molecule has 1 aromatic carbocycles. The SMILES string of the molecule is Cc1cc(NC(=O)c2ccc(OC(C)C)cc2)ncc1[N+](=O)[O-]. The molecule has 0 atom stereocenters. The average molecular weight is 315 g/mol. The minimum atomic E-state index is -0.513. The van der Waals surface area contributed by atoms with Gasteiger partial charge < -0.3 is 10.1 Å². The van der Waals surface area contributed by atoms with Gasteiger partial charge in [-0.05, 0) is 51.1 Å². The number of nitrogens with zero attached hydrogens (tertiary/aromatic N) is 2. The number of amides is 1. The number of carbonyl (C=O) groups is 1. The van der Waals surface area contributed by atoms with Crippen molar-refractivity contribution in [2.24, 2.45) is 0 Å². The second-order valence-electron chi connectivity index (χ2n) is 5.26. The van der Waals surface area contributed by atoms with Crippen molar-refractivity contribution >= 4 is 17.4 Å². The minimum Gasteiger partial charge on any atom is -0.491 e. The van der Waals surface area contributed by atoms with Gasteiger partial charge in [0, 0.05) is 11.1 Å². The van der Waals surface area contributed by atoms with E-state index in [4.69, 9.17) is 4.74 Å². The molecule has 7 heteroatoms. The third kappa shape index (κ3) is 4.26. The van der Waals surface area contributed by atoms with Gasteiger partial charge in [-0.1, -0.05) is 0 Å². The fourth-order valence-electron chi connectivity index (χ4n) is 1.95. The Kier molecular flexibility index (Phi) is 4.90. The van der Waals surface area contributed by atoms with Crippen LogP contribution >= 0.6 is 0 Å². The van der Waals surface area contributed by atoms with E-state index in [2.05, 4.69) is 10.3 Å². The standard InChI is InChI=1S/C16H17N3O4/c1-10(2)23-13-6-4-12(5-7-13)16(20)18-15-8-11(3)14(9-17-15)19(21)22/h4-10H,1-3H3,(H,17,18,20). The maximum absolute atomic E-state index is 12.2. The Hall–Kier alpha value is -2.96. The van der Waals surface area contributed by atoms with Crippen LogP contribution in [0.25, 0.3) is 0 Å². The second kappa shape index (κ2) is 6.87. The van der Waals surface area contributed by atoms with Gasteiger partial charge in [0.15, 0.2) is 0 Å². The molecular weight excluding hydrogens is 298 g/mol. The summed E-state index contributed by atoms with van der Waals surface area (Å²) >= 11 is 0. The lowest BCUT2D eigenvalue weighted by Gasteiger charge is -2.10. The lowest BCUT2D eigenvalue weighted by molar-refractivity contribution is -0.385. The van der Waals surface area contributed by atoms with Gasteiger partial charge in [0.05, 0.1) is 11.0 Å². The third-order valence-electron chi connectivity index (χ3n) is 3.01. The predicted octanol–water partition coefficient (Wildman–Crippen LogP) is 3.34. The van der Waals surface area contributed by atoms with Crippen molar-refractivity contribution in [1.82, 2.24) is 4.98 Å². The largest absolute Gasteiger partial charge is 0.491 e. The number of benzene rings is 1. The Morgan fingerprint density at radius 3 is 2.48 bits per heavy atom. The predicted molar refractivity (Wildman–Crippen MR) is 85.8 cm³/mol. The number of rotatable bonds is 5. The third-order valence-corrected chi connectivity index (χ3v) is 3.01. The molecule has 0 unspecified atom stereocenters. The van der Waals surface area contributed by atoms with Crippen molar-refractivity contribution in [2.45, 2.75) is 26.9 Å². The highest BCUT2D eigenvalue weighted by atomic mass is 16.6. The van der Waals surface area contributed by atoms with Gasteiger partial charge in [0.25, 0.3) is 11.6 Å². The number of carbonyl (C=O) groups excluding carboxylic acids is 1. The Bertz CT molecular complexity index is 727. The summed E-state index contributed by atoms with van der Waals surface area (Å²) in [5, 5.41) is 13.4. The lowest BCUT2D eigenvalue weighted by atomic mass is 10.2. The minimum absolute atomic E-state index is 0.0574. The summed E-state index contributed by atoms with van der Waals surface area (Å²) in [5.41, 5.74) is 0.790. The number of aromatic nitrogens is 1. The fraction of sp³-hybridized carbons (Fsp3) is 0.250. The van der Waals surface area contributed by atoms with E-state index < -0.39 is 4.92 Å². The van der Waals surface area contributed by atoms with E-state index in [9.17, 15) is 14.9 Å². The van der Waals surface area contributed by atoms with Gasteiger partial charge in [-0.3, -0.25) is 14.9 Å². The summed E-state index contributed by atoms with van der Waals surface area (Å²) in [6.45, 7) is 5.43. The molecule has 0 aliphatic carbocycles. The van der Waals surface area contributed by atoms with E-state index >= 15 is 0 Å². The number of hydrogen-bond donors (Lipinski definition) is 1. The number of pyridine rings is 1. The number of anilines is 1. The van der Waals surface area contributed by atoms with Crippen LogP contribution in [0, 0.1) is 17.0 Å². The zero-order valence-electron chi connectivity index (χ0n) is 13.1. The van der Waals surface area contributed by atoms with E-state index in [1.165, 1.54) is 6.07 Å². The molecule has 0 bridgehead atoms. The van der Waals surface area contributed by atoms with Crippen molar-refractivity contribution < 1.29 is 14.5 Å². The van der Waals surface area contributed by atoms with Crippen LogP contribution in [0.4, 0.5) is 11.5 Å². The highest BCUT2D eigenvalue weighted by Gasteiger charge is 2.13. The zero-order chi connectivity index (χ0) is 17.0. The molecule has 0 fully saturated rings. The maximum atomic E-state index is 12.2. The van der Waals surface area contributed by atoms with Crippen LogP contribution in [-0.4, -0.2) is 21.9 Å². The summed E-state index contributed by atoms with van der Waals surface area (Å²) in [4.78, 5) is 26.3. The summed E-state index contributed by atoms with van der Waals surface area (Å²) in [7, 11) is 0. The summed E-state index contributed by atoms with van der Waals surface area (Å²) in [6.07, 6.45) is 1.19. The van der Waals surface area contributed by atoms with Crippen molar-refractivity contribution in [3.8, 4) is 5.75 Å². The average Bonchev–Trinajstić information content (AvgIpc) is 2.47. The molecule has 0 aliphatic heterocycles. The molecule has 0 spiro atoms. The first-order valence-corrected chi connectivity index (χ1v) is 7.06. The van der Waals surface area contributed by atoms with Gasteiger partial charge in [-0.2, -0.15) is 0 Å². The van der Waals surface area contributed by atoms with E-state index in [-0.39, 0.29) is 23.5 Å². The molecule has 0 saturated heterocycles. The Morgan fingerprint density at radius 2 is 1.96 bits per heavy atom. The summed E-state index contributed by atoms with van der Waals surface area (Å²) < 4.78 is 5.51. The first-order chi connectivity index (χ1) is 10.9. The molecule has 2 aromatic rings. The van der Waals surface area contributed by atoms with Crippen LogP contribution in [0.5, 0.6) is 5.75 Å². The van der Waals surface area contributed by atoms with Crippen molar-refractivity contribution in [1.29, 1.82) is 0 Å². The van der Waals surface area contributed by atoms with E-state index in [0.717, 1.165) is 6.20 Å². The Morgan fingerprint density at radius 1 is 1.30 bits per heavy atom. The van der Waals surface area contributed by atoms with Crippen LogP contribution in [0.3, 0.4) is 0 Å². The van der Waals surface area contributed by atoms with Crippen LogP contribution in [-0.2, 0) is 0 Å². The highest BCUT2D eigenvalue weighted by molar-refractivity contribution is 6.03. The van der Waals surface area contributed by atoms with Gasteiger partial charge in [0.2, 0.25) is 0 Å². The molecule has 1 amide bonds. The van der Waals surface area contributed by atoms with E-state index in [1.54, 1.807) is 31.2 Å². The van der Waals surface area contributed by atoms with Crippen LogP contribution in [0.15, 0.2) is 36.5 Å². The molecule has 0 aliphatic rings. The zero-order valence-corrected chi connectivity index (χ0v) is 13.1.